The molecule has 2 saturated heterocycles. The first kappa shape index (κ1) is 13.5. The van der Waals surface area contributed by atoms with Gasteiger partial charge in [0.1, 0.15) is 5.69 Å². The molecule has 3 rings (SSSR count). The van der Waals surface area contributed by atoms with Gasteiger partial charge in [0, 0.05) is 45.5 Å². The lowest BCUT2D eigenvalue weighted by Gasteiger charge is -2.35. The van der Waals surface area contributed by atoms with Crippen LogP contribution in [-0.4, -0.2) is 66.1 Å². The third kappa shape index (κ3) is 3.16. The molecule has 0 aromatic carbocycles. The second-order valence-corrected chi connectivity index (χ2v) is 5.44. The smallest absolute Gasteiger partial charge is 0.272 e. The average Bonchev–Trinajstić information content (AvgIpc) is 3.01. The van der Waals surface area contributed by atoms with Crippen molar-refractivity contribution in [2.45, 2.75) is 18.9 Å². The molecule has 5 heteroatoms. The van der Waals surface area contributed by atoms with Crippen LogP contribution in [-0.2, 0) is 4.74 Å². The third-order valence-corrected chi connectivity index (χ3v) is 4.03. The number of carbonyl (C=O) groups is 1. The Morgan fingerprint density at radius 3 is 2.80 bits per heavy atom. The van der Waals surface area contributed by atoms with Crippen LogP contribution in [0.2, 0.25) is 0 Å². The minimum Gasteiger partial charge on any atom is -0.377 e. The van der Waals surface area contributed by atoms with Gasteiger partial charge < -0.3 is 9.64 Å². The molecule has 1 aromatic rings. The third-order valence-electron chi connectivity index (χ3n) is 4.03. The number of ether oxygens (including phenoxy) is 1. The summed E-state index contributed by atoms with van der Waals surface area (Å²) in [4.78, 5) is 20.7. The maximum atomic E-state index is 12.3. The van der Waals surface area contributed by atoms with Crippen molar-refractivity contribution < 1.29 is 9.53 Å². The highest BCUT2D eigenvalue weighted by Crippen LogP contribution is 2.15. The molecule has 0 N–H and O–H groups in total. The van der Waals surface area contributed by atoms with E-state index in [1.807, 2.05) is 17.0 Å². The molecule has 1 atom stereocenters. The zero-order chi connectivity index (χ0) is 13.8. The highest BCUT2D eigenvalue weighted by atomic mass is 16.5. The predicted octanol–water partition coefficient (Wildman–Crippen LogP) is 1.02. The number of pyridine rings is 1. The molecule has 1 amide bonds. The Bertz CT molecular complexity index is 438. The summed E-state index contributed by atoms with van der Waals surface area (Å²) in [7, 11) is 0. The number of rotatable bonds is 3. The topological polar surface area (TPSA) is 45.7 Å². The predicted molar refractivity (Wildman–Crippen MR) is 75.6 cm³/mol. The molecule has 20 heavy (non-hydrogen) atoms. The minimum atomic E-state index is 0.0439. The lowest BCUT2D eigenvalue weighted by Crippen LogP contribution is -2.50. The Kier molecular flexibility index (Phi) is 4.28. The molecule has 0 saturated carbocycles. The molecule has 0 spiro atoms. The molecule has 1 aromatic heterocycles. The van der Waals surface area contributed by atoms with Crippen molar-refractivity contribution in [2.75, 3.05) is 39.3 Å². The second kappa shape index (κ2) is 6.33. The van der Waals surface area contributed by atoms with Gasteiger partial charge in [-0.25, -0.2) is 0 Å². The van der Waals surface area contributed by atoms with Gasteiger partial charge in [0.05, 0.1) is 6.10 Å². The van der Waals surface area contributed by atoms with Gasteiger partial charge in [0.25, 0.3) is 5.91 Å². The summed E-state index contributed by atoms with van der Waals surface area (Å²) in [5.74, 6) is 0.0439. The summed E-state index contributed by atoms with van der Waals surface area (Å²) < 4.78 is 5.67. The van der Waals surface area contributed by atoms with Crippen LogP contribution in [0.5, 0.6) is 0 Å². The maximum absolute atomic E-state index is 12.3. The Morgan fingerprint density at radius 1 is 1.30 bits per heavy atom. The van der Waals surface area contributed by atoms with Crippen LogP contribution in [0, 0.1) is 0 Å². The first-order valence-corrected chi connectivity index (χ1v) is 7.37. The fraction of sp³-hybridized carbons (Fsp3) is 0.600. The van der Waals surface area contributed by atoms with Gasteiger partial charge in [-0.15, -0.1) is 0 Å². The van der Waals surface area contributed by atoms with E-state index in [0.717, 1.165) is 39.3 Å². The monoisotopic (exact) mass is 275 g/mol. The fourth-order valence-corrected chi connectivity index (χ4v) is 2.86. The van der Waals surface area contributed by atoms with Gasteiger partial charge in [-0.3, -0.25) is 14.7 Å². The number of amides is 1. The van der Waals surface area contributed by atoms with E-state index in [9.17, 15) is 4.79 Å². The first-order valence-electron chi connectivity index (χ1n) is 7.37. The Morgan fingerprint density at radius 2 is 2.15 bits per heavy atom. The minimum absolute atomic E-state index is 0.0439. The highest BCUT2D eigenvalue weighted by Gasteiger charge is 2.25. The van der Waals surface area contributed by atoms with Crippen molar-refractivity contribution in [2.24, 2.45) is 0 Å². The van der Waals surface area contributed by atoms with Crippen LogP contribution in [0.1, 0.15) is 23.3 Å². The fourth-order valence-electron chi connectivity index (χ4n) is 2.86. The number of carbonyl (C=O) groups excluding carboxylic acids is 1. The van der Waals surface area contributed by atoms with Gasteiger partial charge in [-0.2, -0.15) is 0 Å². The second-order valence-electron chi connectivity index (χ2n) is 5.44. The van der Waals surface area contributed by atoms with E-state index in [1.54, 1.807) is 12.3 Å². The zero-order valence-electron chi connectivity index (χ0n) is 11.7. The lowest BCUT2D eigenvalue weighted by molar-refractivity contribution is 0.0430. The normalized spacial score (nSPS) is 24.0. The maximum Gasteiger partial charge on any atom is 0.272 e. The summed E-state index contributed by atoms with van der Waals surface area (Å²) in [5.41, 5.74) is 0.542. The number of nitrogens with zero attached hydrogens (tertiary/aromatic N) is 3. The van der Waals surface area contributed by atoms with Gasteiger partial charge in [-0.1, -0.05) is 6.07 Å². The molecule has 0 aliphatic carbocycles. The summed E-state index contributed by atoms with van der Waals surface area (Å²) in [6, 6.07) is 5.46. The molecular weight excluding hydrogens is 254 g/mol. The standard InChI is InChI=1S/C15H21N3O2/c19-15(14-5-1-2-6-16-14)18-9-7-17(8-10-18)12-13-4-3-11-20-13/h1-2,5-6,13H,3-4,7-12H2. The van der Waals surface area contributed by atoms with E-state index in [2.05, 4.69) is 9.88 Å². The molecule has 2 fully saturated rings. The Balaban J connectivity index is 1.49. The van der Waals surface area contributed by atoms with Crippen molar-refractivity contribution in [3.63, 3.8) is 0 Å². The van der Waals surface area contributed by atoms with Crippen LogP contribution >= 0.6 is 0 Å². The van der Waals surface area contributed by atoms with E-state index in [-0.39, 0.29) is 5.91 Å². The van der Waals surface area contributed by atoms with Crippen molar-refractivity contribution in [3.8, 4) is 0 Å². The van der Waals surface area contributed by atoms with E-state index in [0.29, 0.717) is 11.8 Å². The molecule has 0 bridgehead atoms. The van der Waals surface area contributed by atoms with Crippen LogP contribution in [0.25, 0.3) is 0 Å². The number of aromatic nitrogens is 1. The first-order chi connectivity index (χ1) is 9.83. The van der Waals surface area contributed by atoms with E-state index < -0.39 is 0 Å². The molecule has 1 unspecified atom stereocenters. The molecule has 2 aliphatic heterocycles. The average molecular weight is 275 g/mol. The Hall–Kier alpha value is -1.46. The summed E-state index contributed by atoms with van der Waals surface area (Å²) in [5, 5.41) is 0. The number of hydrogen-bond acceptors (Lipinski definition) is 4. The molecule has 2 aliphatic rings. The van der Waals surface area contributed by atoms with Crippen LogP contribution in [0.4, 0.5) is 0 Å². The van der Waals surface area contributed by atoms with Crippen molar-refractivity contribution in [1.82, 2.24) is 14.8 Å². The summed E-state index contributed by atoms with van der Waals surface area (Å²) >= 11 is 0. The zero-order valence-corrected chi connectivity index (χ0v) is 11.7. The SMILES string of the molecule is O=C(c1ccccn1)N1CCN(CC2CCCO2)CC1. The van der Waals surface area contributed by atoms with E-state index in [1.165, 1.54) is 12.8 Å². The highest BCUT2D eigenvalue weighted by molar-refractivity contribution is 5.92. The van der Waals surface area contributed by atoms with E-state index >= 15 is 0 Å². The molecular formula is C15H21N3O2. The van der Waals surface area contributed by atoms with Crippen LogP contribution in [0.15, 0.2) is 24.4 Å². The Labute approximate surface area is 119 Å². The molecule has 0 radical (unpaired) electrons. The van der Waals surface area contributed by atoms with Gasteiger partial charge >= 0.3 is 0 Å². The molecule has 5 nitrogen and oxygen atoms in total. The van der Waals surface area contributed by atoms with Gasteiger partial charge in [0.15, 0.2) is 0 Å². The van der Waals surface area contributed by atoms with Crippen molar-refractivity contribution in [1.29, 1.82) is 0 Å². The summed E-state index contributed by atoms with van der Waals surface area (Å²) in [6.45, 7) is 5.33. The van der Waals surface area contributed by atoms with Crippen LogP contribution < -0.4 is 0 Å². The van der Waals surface area contributed by atoms with Gasteiger partial charge in [-0.05, 0) is 25.0 Å². The van der Waals surface area contributed by atoms with Crippen molar-refractivity contribution in [3.05, 3.63) is 30.1 Å². The summed E-state index contributed by atoms with van der Waals surface area (Å²) in [6.07, 6.45) is 4.42. The largest absolute Gasteiger partial charge is 0.377 e. The molecule has 3 heterocycles. The quantitative estimate of drug-likeness (QED) is 0.826. The lowest BCUT2D eigenvalue weighted by atomic mass is 10.2. The van der Waals surface area contributed by atoms with E-state index in [4.69, 9.17) is 4.74 Å². The number of hydrogen-bond donors (Lipinski definition) is 0. The van der Waals surface area contributed by atoms with Crippen LogP contribution in [0.3, 0.4) is 0 Å². The molecule has 108 valence electrons. The number of piperazine rings is 1. The van der Waals surface area contributed by atoms with Crippen molar-refractivity contribution >= 4 is 5.91 Å². The van der Waals surface area contributed by atoms with Gasteiger partial charge in [0.2, 0.25) is 0 Å².